The molecule has 0 aliphatic rings. The molecule has 2 unspecified atom stereocenters. The minimum atomic E-state index is -0.362. The van der Waals surface area contributed by atoms with Gasteiger partial charge in [-0.25, -0.2) is 4.39 Å². The van der Waals surface area contributed by atoms with Gasteiger partial charge in [-0.2, -0.15) is 11.8 Å². The summed E-state index contributed by atoms with van der Waals surface area (Å²) >= 11 is 7.62. The van der Waals surface area contributed by atoms with E-state index < -0.39 is 0 Å². The summed E-state index contributed by atoms with van der Waals surface area (Å²) in [6.45, 7) is 5.23. The Kier molecular flexibility index (Phi) is 6.31. The van der Waals surface area contributed by atoms with Crippen LogP contribution in [-0.4, -0.2) is 18.1 Å². The second-order valence-corrected chi connectivity index (χ2v) is 5.87. The molecule has 2 atom stereocenters. The van der Waals surface area contributed by atoms with Gasteiger partial charge in [-0.3, -0.25) is 0 Å². The van der Waals surface area contributed by atoms with Gasteiger partial charge >= 0.3 is 0 Å². The Morgan fingerprint density at radius 1 is 1.41 bits per heavy atom. The van der Waals surface area contributed by atoms with Crippen molar-refractivity contribution in [1.82, 2.24) is 5.32 Å². The molecule has 17 heavy (non-hydrogen) atoms. The van der Waals surface area contributed by atoms with E-state index >= 15 is 0 Å². The number of hydrogen-bond acceptors (Lipinski definition) is 2. The summed E-state index contributed by atoms with van der Waals surface area (Å²) in [6, 6.07) is 5.08. The minimum absolute atomic E-state index is 0.189. The monoisotopic (exact) mass is 275 g/mol. The zero-order valence-electron chi connectivity index (χ0n) is 10.5. The normalized spacial score (nSPS) is 14.6. The van der Waals surface area contributed by atoms with Gasteiger partial charge in [-0.05, 0) is 43.8 Å². The molecule has 4 heteroatoms. The van der Waals surface area contributed by atoms with Gasteiger partial charge in [0.2, 0.25) is 0 Å². The molecule has 96 valence electrons. The van der Waals surface area contributed by atoms with Crippen molar-refractivity contribution in [2.75, 3.05) is 12.8 Å². The first-order chi connectivity index (χ1) is 8.04. The molecule has 0 heterocycles. The fourth-order valence-electron chi connectivity index (χ4n) is 1.52. The average molecular weight is 276 g/mol. The molecule has 0 radical (unpaired) electrons. The minimum Gasteiger partial charge on any atom is -0.310 e. The van der Waals surface area contributed by atoms with Gasteiger partial charge in [-0.15, -0.1) is 0 Å². The van der Waals surface area contributed by atoms with E-state index in [-0.39, 0.29) is 16.9 Å². The maximum atomic E-state index is 13.0. The Morgan fingerprint density at radius 3 is 2.71 bits per heavy atom. The van der Waals surface area contributed by atoms with Gasteiger partial charge in [-0.1, -0.05) is 24.6 Å². The highest BCUT2D eigenvalue weighted by Crippen LogP contribution is 2.20. The lowest BCUT2D eigenvalue weighted by Crippen LogP contribution is -2.21. The second-order valence-electron chi connectivity index (χ2n) is 4.18. The van der Waals surface area contributed by atoms with Gasteiger partial charge in [0, 0.05) is 11.3 Å². The molecule has 1 nitrogen and oxygen atoms in total. The van der Waals surface area contributed by atoms with Crippen molar-refractivity contribution in [3.63, 3.8) is 0 Å². The molecule has 0 saturated carbocycles. The average Bonchev–Trinajstić information content (AvgIpc) is 2.32. The van der Waals surface area contributed by atoms with E-state index in [0.717, 1.165) is 18.5 Å². The van der Waals surface area contributed by atoms with Crippen LogP contribution in [0.2, 0.25) is 5.02 Å². The van der Waals surface area contributed by atoms with Gasteiger partial charge in [0.25, 0.3) is 0 Å². The van der Waals surface area contributed by atoms with Crippen LogP contribution in [0, 0.1) is 5.82 Å². The number of halogens is 2. The molecule has 0 fully saturated rings. The molecule has 0 aliphatic heterocycles. The van der Waals surface area contributed by atoms with Crippen LogP contribution in [0.3, 0.4) is 0 Å². The molecule has 0 aliphatic carbocycles. The van der Waals surface area contributed by atoms with Crippen LogP contribution in [0.25, 0.3) is 0 Å². The first kappa shape index (κ1) is 14.8. The summed E-state index contributed by atoms with van der Waals surface area (Å²) in [4.78, 5) is 0. The number of thioether (sulfide) groups is 1. The van der Waals surface area contributed by atoms with Crippen molar-refractivity contribution in [3.05, 3.63) is 34.6 Å². The Labute approximate surface area is 112 Å². The maximum absolute atomic E-state index is 13.0. The van der Waals surface area contributed by atoms with Crippen molar-refractivity contribution in [2.24, 2.45) is 0 Å². The highest BCUT2D eigenvalue weighted by Gasteiger charge is 2.08. The van der Waals surface area contributed by atoms with Crippen molar-refractivity contribution < 1.29 is 4.39 Å². The molecule has 1 aromatic carbocycles. The summed E-state index contributed by atoms with van der Waals surface area (Å²) in [5.41, 5.74) is 1.02. The summed E-state index contributed by atoms with van der Waals surface area (Å²) < 4.78 is 13.0. The van der Waals surface area contributed by atoms with Gasteiger partial charge in [0.05, 0.1) is 5.02 Å². The third-order valence-electron chi connectivity index (χ3n) is 2.85. The van der Waals surface area contributed by atoms with E-state index in [9.17, 15) is 4.39 Å². The maximum Gasteiger partial charge on any atom is 0.141 e. The number of hydrogen-bond donors (Lipinski definition) is 1. The van der Waals surface area contributed by atoms with Gasteiger partial charge in [0.15, 0.2) is 0 Å². The molecule has 0 saturated heterocycles. The number of rotatable bonds is 6. The molecule has 0 bridgehead atoms. The zero-order valence-corrected chi connectivity index (χ0v) is 12.0. The van der Waals surface area contributed by atoms with Crippen LogP contribution in [0.1, 0.15) is 31.9 Å². The first-order valence-corrected chi connectivity index (χ1v) is 7.42. The lowest BCUT2D eigenvalue weighted by molar-refractivity contribution is 0.556. The summed E-state index contributed by atoms with van der Waals surface area (Å²) in [5, 5.41) is 4.26. The standard InChI is InChI=1S/C13H19ClFNS/c1-9(17-3)6-7-16-10(2)11-4-5-13(15)12(14)8-11/h4-5,8-10,16H,6-7H2,1-3H3. The van der Waals surface area contributed by atoms with E-state index in [1.165, 1.54) is 6.07 Å². The van der Waals surface area contributed by atoms with Crippen molar-refractivity contribution in [1.29, 1.82) is 0 Å². The fraction of sp³-hybridized carbons (Fsp3) is 0.538. The number of nitrogens with one attached hydrogen (secondary N) is 1. The smallest absolute Gasteiger partial charge is 0.141 e. The Hall–Kier alpha value is -0.250. The van der Waals surface area contributed by atoms with Crippen molar-refractivity contribution in [2.45, 2.75) is 31.6 Å². The van der Waals surface area contributed by atoms with E-state index in [1.807, 2.05) is 11.8 Å². The molecular formula is C13H19ClFNS. The van der Waals surface area contributed by atoms with E-state index in [4.69, 9.17) is 11.6 Å². The largest absolute Gasteiger partial charge is 0.310 e. The van der Waals surface area contributed by atoms with Crippen LogP contribution >= 0.6 is 23.4 Å². The Morgan fingerprint density at radius 2 is 2.12 bits per heavy atom. The van der Waals surface area contributed by atoms with Crippen LogP contribution < -0.4 is 5.32 Å². The summed E-state index contributed by atoms with van der Waals surface area (Å²) in [6.07, 6.45) is 3.24. The van der Waals surface area contributed by atoms with E-state index in [2.05, 4.69) is 25.4 Å². The topological polar surface area (TPSA) is 12.0 Å². The molecule has 0 spiro atoms. The lowest BCUT2D eigenvalue weighted by atomic mass is 10.1. The molecule has 1 rings (SSSR count). The SMILES string of the molecule is CSC(C)CCNC(C)c1ccc(F)c(Cl)c1. The molecule has 1 N–H and O–H groups in total. The Bertz CT molecular complexity index is 359. The first-order valence-electron chi connectivity index (χ1n) is 5.75. The third-order valence-corrected chi connectivity index (χ3v) is 4.18. The molecular weight excluding hydrogens is 257 g/mol. The highest BCUT2D eigenvalue weighted by atomic mass is 35.5. The third kappa shape index (κ3) is 4.86. The predicted molar refractivity (Wildman–Crippen MR) is 75.4 cm³/mol. The zero-order chi connectivity index (χ0) is 12.8. The predicted octanol–water partition coefficient (Wildman–Crippen LogP) is 4.27. The number of benzene rings is 1. The van der Waals surface area contributed by atoms with Crippen molar-refractivity contribution in [3.8, 4) is 0 Å². The molecule has 1 aromatic rings. The van der Waals surface area contributed by atoms with E-state index in [1.54, 1.807) is 12.1 Å². The van der Waals surface area contributed by atoms with E-state index in [0.29, 0.717) is 5.25 Å². The van der Waals surface area contributed by atoms with Crippen LogP contribution in [-0.2, 0) is 0 Å². The quantitative estimate of drug-likeness (QED) is 0.832. The van der Waals surface area contributed by atoms with Crippen LogP contribution in [0.4, 0.5) is 4.39 Å². The fourth-order valence-corrected chi connectivity index (χ4v) is 2.06. The molecule has 0 aromatic heterocycles. The van der Waals surface area contributed by atoms with Crippen LogP contribution in [0.15, 0.2) is 18.2 Å². The highest BCUT2D eigenvalue weighted by molar-refractivity contribution is 7.99. The summed E-state index contributed by atoms with van der Waals surface area (Å²) in [5.74, 6) is -0.362. The Balaban J connectivity index is 2.46. The van der Waals surface area contributed by atoms with Gasteiger partial charge < -0.3 is 5.32 Å². The second kappa shape index (κ2) is 7.24. The molecule has 0 amide bonds. The van der Waals surface area contributed by atoms with Crippen molar-refractivity contribution >= 4 is 23.4 Å². The van der Waals surface area contributed by atoms with Gasteiger partial charge in [0.1, 0.15) is 5.82 Å². The lowest BCUT2D eigenvalue weighted by Gasteiger charge is -2.16. The van der Waals surface area contributed by atoms with Crippen LogP contribution in [0.5, 0.6) is 0 Å². The summed E-state index contributed by atoms with van der Waals surface area (Å²) in [7, 11) is 0.